The van der Waals surface area contributed by atoms with Gasteiger partial charge in [-0.1, -0.05) is 18.2 Å². The molecule has 5 aromatic rings. The first-order valence-corrected chi connectivity index (χ1v) is 22.2. The number of aryl methyl sites for hydroxylation is 2. The van der Waals surface area contributed by atoms with Crippen LogP contribution in [0.15, 0.2) is 66.0 Å². The first kappa shape index (κ1) is 56.8. The third-order valence-electron chi connectivity index (χ3n) is 8.89. The summed E-state index contributed by atoms with van der Waals surface area (Å²) in [6.45, 7) is 3.11. The Hall–Kier alpha value is -7.49. The zero-order valence-corrected chi connectivity index (χ0v) is 39.4. The first-order chi connectivity index (χ1) is 32.9. The van der Waals surface area contributed by atoms with Gasteiger partial charge in [-0.15, -0.1) is 34.0 Å². The molecule has 5 rings (SSSR count). The van der Waals surface area contributed by atoms with E-state index in [1.54, 1.807) is 37.4 Å². The van der Waals surface area contributed by atoms with Gasteiger partial charge in [-0.2, -0.15) is 13.2 Å². The van der Waals surface area contributed by atoms with Crippen molar-refractivity contribution < 1.29 is 85.1 Å². The number of carboxylic acids is 1. The largest absolute Gasteiger partial charge is 0.505 e. The van der Waals surface area contributed by atoms with Crippen molar-refractivity contribution in [3.05, 3.63) is 124 Å². The first-order valence-electron chi connectivity index (χ1n) is 19.7. The minimum absolute atomic E-state index is 0.0412. The van der Waals surface area contributed by atoms with E-state index in [1.807, 2.05) is 0 Å². The third kappa shape index (κ3) is 16.9. The zero-order valence-electron chi connectivity index (χ0n) is 37.0. The number of nitrogens with two attached hydrogens (primary N) is 1. The van der Waals surface area contributed by atoms with E-state index in [1.165, 1.54) is 55.9 Å². The van der Waals surface area contributed by atoms with Gasteiger partial charge in [-0.3, -0.25) is 24.0 Å². The van der Waals surface area contributed by atoms with Crippen LogP contribution in [0, 0.1) is 25.5 Å². The number of esters is 2. The molecule has 3 aromatic heterocycles. The van der Waals surface area contributed by atoms with Crippen LogP contribution in [-0.4, -0.2) is 108 Å². The maximum absolute atomic E-state index is 13.2. The number of ether oxygens (including phenoxy) is 2. The summed E-state index contributed by atoms with van der Waals surface area (Å²) < 4.78 is 67.3. The lowest BCUT2D eigenvalue weighted by Crippen LogP contribution is -2.48. The molecule has 2 aromatic carbocycles. The van der Waals surface area contributed by atoms with Crippen LogP contribution in [0.5, 0.6) is 11.5 Å². The highest BCUT2D eigenvalue weighted by Crippen LogP contribution is 2.25. The fraction of sp³-hybridized carbons (Fsp3) is 0.256. The number of aromatic hydroxyl groups is 2. The molecular weight excluding hydrogens is 1000 g/mol. The van der Waals surface area contributed by atoms with Gasteiger partial charge in [0.15, 0.2) is 23.1 Å². The number of carboxylic acid groups (broad SMARTS) is 1. The average Bonchev–Trinajstić information content (AvgIpc) is 4.10. The predicted molar refractivity (Wildman–Crippen MR) is 243 cm³/mol. The quantitative estimate of drug-likeness (QED) is 0.0492. The number of carbonyl (C=O) groups excluding carboxylic acids is 7. The van der Waals surface area contributed by atoms with E-state index in [9.17, 15) is 65.7 Å². The van der Waals surface area contributed by atoms with Crippen molar-refractivity contribution >= 4 is 81.5 Å². The van der Waals surface area contributed by atoms with Crippen molar-refractivity contribution in [3.8, 4) is 11.5 Å². The Morgan fingerprint density at radius 1 is 0.643 bits per heavy atom. The number of hydrogen-bond acceptors (Lipinski definition) is 16. The van der Waals surface area contributed by atoms with Crippen molar-refractivity contribution in [2.45, 2.75) is 45.2 Å². The van der Waals surface area contributed by atoms with Gasteiger partial charge in [0.2, 0.25) is 0 Å². The molecule has 0 aliphatic carbocycles. The highest BCUT2D eigenvalue weighted by molar-refractivity contribution is 7.16. The molecule has 19 nitrogen and oxygen atoms in total. The predicted octanol–water partition coefficient (Wildman–Crippen LogP) is 4.29. The number of halogens is 5. The lowest BCUT2D eigenvalue weighted by atomic mass is 10.2. The maximum Gasteiger partial charge on any atom is 0.490 e. The standard InChI is InChI=1S/C23H22FN3O6S2.C18H20FN3O5S.C2HF3O2/c1-12-8-18(21(30)25-10-13-5-6-14(24)16(28)9-13)35-19(12)22(31)27-15(23(32)33-2)11-26-20(29)17-4-3-7-34-17;1-9-5-14(16(24)21-8-10-3-4-11(19)13(23)6-10)28-15(9)17(25)22-12(7-20)18(26)27-2;3-2(4,5)1(6)7/h3-9,15,28H,10-11H2,1-2H3,(H,25,30)(H,26,29)(H,27,31);3-6,12,23H,7-8,20H2,1-2H3,(H,21,24)(H,22,25);(H,6,7)/t15-;12-;/m00./s1. The van der Waals surface area contributed by atoms with E-state index in [2.05, 4.69) is 31.3 Å². The Labute approximate surface area is 405 Å². The highest BCUT2D eigenvalue weighted by atomic mass is 32.1. The summed E-state index contributed by atoms with van der Waals surface area (Å²) in [5.41, 5.74) is 7.55. The number of carbonyl (C=O) groups is 8. The summed E-state index contributed by atoms with van der Waals surface area (Å²) in [6, 6.07) is 11.8. The normalized spacial score (nSPS) is 11.5. The molecule has 2 atom stereocenters. The topological polar surface area (TPSA) is 302 Å². The molecule has 70 heavy (non-hydrogen) atoms. The number of hydrogen-bond donors (Lipinski definition) is 9. The van der Waals surface area contributed by atoms with Gasteiger partial charge < -0.3 is 57.1 Å². The summed E-state index contributed by atoms with van der Waals surface area (Å²) in [5.74, 6) is -9.10. The Balaban J connectivity index is 0.000000332. The zero-order chi connectivity index (χ0) is 52.5. The summed E-state index contributed by atoms with van der Waals surface area (Å²) in [5, 5.41) is 40.5. The van der Waals surface area contributed by atoms with Gasteiger partial charge in [0.1, 0.15) is 12.1 Å². The van der Waals surface area contributed by atoms with Crippen LogP contribution in [0.25, 0.3) is 0 Å². The lowest BCUT2D eigenvalue weighted by Gasteiger charge is -2.16. The second-order valence-corrected chi connectivity index (χ2v) is 17.1. The third-order valence-corrected chi connectivity index (χ3v) is 12.2. The minimum Gasteiger partial charge on any atom is -0.505 e. The maximum atomic E-state index is 13.2. The van der Waals surface area contributed by atoms with Gasteiger partial charge in [0.05, 0.1) is 38.6 Å². The Morgan fingerprint density at radius 3 is 1.43 bits per heavy atom. The SMILES string of the molecule is COC(=O)[C@H](CN)NC(=O)c1sc(C(=O)NCc2ccc(F)c(O)c2)cc1C.COC(=O)[C@H](CNC(=O)c1cccs1)NC(=O)c1sc(C(=O)NCc2ccc(F)c(O)c2)cc1C.O=C(O)C(F)(F)F. The molecule has 0 radical (unpaired) electrons. The molecule has 5 amide bonds. The monoisotopic (exact) mass is 1040 g/mol. The van der Waals surface area contributed by atoms with E-state index in [0.717, 1.165) is 34.8 Å². The molecule has 376 valence electrons. The number of thiophene rings is 3. The molecule has 0 saturated heterocycles. The second-order valence-electron chi connectivity index (χ2n) is 14.0. The van der Waals surface area contributed by atoms with E-state index in [4.69, 9.17) is 20.4 Å². The second kappa shape index (κ2) is 26.3. The Bertz CT molecular complexity index is 2690. The van der Waals surface area contributed by atoms with Gasteiger partial charge in [0.25, 0.3) is 29.5 Å². The Morgan fingerprint density at radius 2 is 1.06 bits per heavy atom. The fourth-order valence-corrected chi connectivity index (χ4v) is 7.97. The van der Waals surface area contributed by atoms with Crippen molar-refractivity contribution in [1.82, 2.24) is 26.6 Å². The molecule has 10 N–H and O–H groups in total. The van der Waals surface area contributed by atoms with Crippen LogP contribution >= 0.6 is 34.0 Å². The summed E-state index contributed by atoms with van der Waals surface area (Å²) >= 11 is 3.13. The molecule has 0 unspecified atom stereocenters. The van der Waals surface area contributed by atoms with E-state index >= 15 is 0 Å². The smallest absolute Gasteiger partial charge is 0.490 e. The van der Waals surface area contributed by atoms with Crippen molar-refractivity contribution in [3.63, 3.8) is 0 Å². The number of benzene rings is 2. The lowest BCUT2D eigenvalue weighted by molar-refractivity contribution is -0.192. The summed E-state index contributed by atoms with van der Waals surface area (Å²) in [7, 11) is 2.36. The van der Waals surface area contributed by atoms with Crippen molar-refractivity contribution in [2.75, 3.05) is 27.3 Å². The number of amides is 5. The van der Waals surface area contributed by atoms with Crippen LogP contribution < -0.4 is 32.3 Å². The number of aliphatic carboxylic acids is 1. The fourth-order valence-electron chi connectivity index (χ4n) is 5.34. The molecule has 3 heterocycles. The Kier molecular flexibility index (Phi) is 21.4. The van der Waals surface area contributed by atoms with Crippen molar-refractivity contribution in [2.24, 2.45) is 5.73 Å². The number of rotatable bonds is 16. The highest BCUT2D eigenvalue weighted by Gasteiger charge is 2.38. The molecule has 0 aliphatic rings. The number of nitrogens with one attached hydrogen (secondary N) is 5. The number of alkyl halides is 3. The van der Waals surface area contributed by atoms with Gasteiger partial charge in [-0.25, -0.2) is 23.2 Å². The van der Waals surface area contributed by atoms with Crippen LogP contribution in [0.3, 0.4) is 0 Å². The minimum atomic E-state index is -5.08. The number of methoxy groups -OCH3 is 2. The van der Waals surface area contributed by atoms with Crippen LogP contribution in [0.4, 0.5) is 22.0 Å². The van der Waals surface area contributed by atoms with Gasteiger partial charge >= 0.3 is 24.1 Å². The van der Waals surface area contributed by atoms with Crippen LogP contribution in [0.2, 0.25) is 0 Å². The summed E-state index contributed by atoms with van der Waals surface area (Å²) in [6.07, 6.45) is -5.08. The van der Waals surface area contributed by atoms with E-state index in [-0.39, 0.29) is 51.6 Å². The van der Waals surface area contributed by atoms with Gasteiger partial charge in [-0.05, 0) is 83.9 Å². The molecule has 0 aliphatic heterocycles. The molecule has 0 saturated carbocycles. The number of phenolic OH excluding ortho intramolecular Hbond substituents is 2. The molecule has 27 heteroatoms. The summed E-state index contributed by atoms with van der Waals surface area (Å²) in [4.78, 5) is 96.3. The van der Waals surface area contributed by atoms with E-state index < -0.39 is 82.9 Å². The van der Waals surface area contributed by atoms with Crippen molar-refractivity contribution in [1.29, 1.82) is 0 Å². The molecule has 0 spiro atoms. The van der Waals surface area contributed by atoms with Gasteiger partial charge in [0, 0.05) is 26.2 Å². The molecule has 0 bridgehead atoms. The average molecular weight is 1040 g/mol. The van der Waals surface area contributed by atoms with E-state index in [0.29, 0.717) is 27.1 Å². The van der Waals surface area contributed by atoms with Crippen LogP contribution in [0.1, 0.15) is 70.6 Å². The molecular formula is C43H43F5N6O13S3. The number of phenols is 2. The molecule has 0 fully saturated rings. The van der Waals surface area contributed by atoms with Crippen LogP contribution in [-0.2, 0) is 36.9 Å².